The van der Waals surface area contributed by atoms with Gasteiger partial charge in [-0.3, -0.25) is 9.59 Å². The Morgan fingerprint density at radius 2 is 1.76 bits per heavy atom. The summed E-state index contributed by atoms with van der Waals surface area (Å²) in [5.41, 5.74) is 2.66. The van der Waals surface area contributed by atoms with Crippen LogP contribution in [0.2, 0.25) is 10.0 Å². The Morgan fingerprint density at radius 3 is 2.53 bits per heavy atom. The van der Waals surface area contributed by atoms with Crippen molar-refractivity contribution in [2.45, 2.75) is 51.6 Å². The van der Waals surface area contributed by atoms with Gasteiger partial charge in [-0.15, -0.1) is 0 Å². The topological polar surface area (TPSA) is 67.9 Å². The molecular formula is C30H32Cl2N2O4. The first kappa shape index (κ1) is 27.8. The van der Waals surface area contributed by atoms with Gasteiger partial charge in [-0.2, -0.15) is 0 Å². The van der Waals surface area contributed by atoms with Crippen LogP contribution in [0.4, 0.5) is 0 Å². The number of benzene rings is 3. The van der Waals surface area contributed by atoms with Crippen molar-refractivity contribution in [1.29, 1.82) is 0 Å². The molecule has 2 amide bonds. The maximum absolute atomic E-state index is 13.8. The molecule has 1 atom stereocenters. The molecule has 0 aromatic heterocycles. The standard InChI is InChI=1S/C30H32Cl2N2O4/c1-2-3-15-33-30(36)26(16-21-7-5-4-6-8-21)34(19-23-11-12-24(31)18-25(23)32)29(35)14-10-22-9-13-27-28(17-22)38-20-37-27/h4-9,11-13,17-18,26H,2-3,10,14-16,19-20H2,1H3,(H,33,36). The van der Waals surface area contributed by atoms with Crippen LogP contribution < -0.4 is 14.8 Å². The van der Waals surface area contributed by atoms with E-state index < -0.39 is 6.04 Å². The monoisotopic (exact) mass is 554 g/mol. The normalized spacial score (nSPS) is 12.7. The zero-order valence-electron chi connectivity index (χ0n) is 21.4. The average molecular weight is 556 g/mol. The highest BCUT2D eigenvalue weighted by atomic mass is 35.5. The molecule has 0 saturated carbocycles. The van der Waals surface area contributed by atoms with Crippen molar-refractivity contribution in [2.75, 3.05) is 13.3 Å². The van der Waals surface area contributed by atoms with Gasteiger partial charge < -0.3 is 19.7 Å². The third-order valence-electron chi connectivity index (χ3n) is 6.52. The molecule has 1 heterocycles. The second-order valence-electron chi connectivity index (χ2n) is 9.30. The van der Waals surface area contributed by atoms with Crippen LogP contribution in [0.5, 0.6) is 11.5 Å². The van der Waals surface area contributed by atoms with Crippen molar-refractivity contribution in [2.24, 2.45) is 0 Å². The fraction of sp³-hybridized carbons (Fsp3) is 0.333. The van der Waals surface area contributed by atoms with E-state index in [1.807, 2.05) is 48.5 Å². The number of hydrogen-bond donors (Lipinski definition) is 1. The van der Waals surface area contributed by atoms with Crippen LogP contribution in [0.1, 0.15) is 42.9 Å². The van der Waals surface area contributed by atoms with E-state index >= 15 is 0 Å². The Kier molecular flexibility index (Phi) is 9.91. The Morgan fingerprint density at radius 1 is 0.974 bits per heavy atom. The van der Waals surface area contributed by atoms with Crippen molar-refractivity contribution >= 4 is 35.0 Å². The number of fused-ring (bicyclic) bond motifs is 1. The molecule has 6 nitrogen and oxygen atoms in total. The number of amides is 2. The molecule has 8 heteroatoms. The second kappa shape index (κ2) is 13.5. The lowest BCUT2D eigenvalue weighted by Gasteiger charge is -2.32. The number of aryl methyl sites for hydroxylation is 1. The molecule has 1 unspecified atom stereocenters. The number of rotatable bonds is 12. The van der Waals surface area contributed by atoms with E-state index in [2.05, 4.69) is 12.2 Å². The molecule has 0 fully saturated rings. The van der Waals surface area contributed by atoms with Gasteiger partial charge in [-0.1, -0.05) is 79.0 Å². The molecule has 1 N–H and O–H groups in total. The number of nitrogens with one attached hydrogen (secondary N) is 1. The summed E-state index contributed by atoms with van der Waals surface area (Å²) in [4.78, 5) is 29.0. The van der Waals surface area contributed by atoms with Gasteiger partial charge in [0.2, 0.25) is 18.6 Å². The van der Waals surface area contributed by atoms with Gasteiger partial charge >= 0.3 is 0 Å². The Labute approximate surface area is 233 Å². The molecule has 0 bridgehead atoms. The minimum atomic E-state index is -0.703. The first-order chi connectivity index (χ1) is 18.4. The van der Waals surface area contributed by atoms with Gasteiger partial charge in [0.25, 0.3) is 0 Å². The van der Waals surface area contributed by atoms with Crippen LogP contribution in [0, 0.1) is 0 Å². The average Bonchev–Trinajstić information content (AvgIpc) is 3.39. The lowest BCUT2D eigenvalue weighted by atomic mass is 10.0. The number of hydrogen-bond acceptors (Lipinski definition) is 4. The number of carbonyl (C=O) groups excluding carboxylic acids is 2. The number of ether oxygens (including phenoxy) is 2. The van der Waals surface area contributed by atoms with E-state index in [0.29, 0.717) is 40.9 Å². The van der Waals surface area contributed by atoms with E-state index in [9.17, 15) is 9.59 Å². The molecule has 3 aromatic rings. The number of nitrogens with zero attached hydrogens (tertiary/aromatic N) is 1. The number of unbranched alkanes of at least 4 members (excludes halogenated alkanes) is 1. The van der Waals surface area contributed by atoms with Crippen LogP contribution >= 0.6 is 23.2 Å². The molecule has 38 heavy (non-hydrogen) atoms. The van der Waals surface area contributed by atoms with Crippen LogP contribution in [-0.4, -0.2) is 36.1 Å². The lowest BCUT2D eigenvalue weighted by Crippen LogP contribution is -2.50. The highest BCUT2D eigenvalue weighted by Gasteiger charge is 2.30. The molecule has 0 saturated heterocycles. The predicted octanol–water partition coefficient (Wildman–Crippen LogP) is 6.21. The van der Waals surface area contributed by atoms with E-state index in [1.54, 1.807) is 23.1 Å². The molecular weight excluding hydrogens is 523 g/mol. The van der Waals surface area contributed by atoms with Gasteiger partial charge in [-0.05, 0) is 53.8 Å². The third-order valence-corrected chi connectivity index (χ3v) is 7.11. The van der Waals surface area contributed by atoms with Crippen LogP contribution in [0.25, 0.3) is 0 Å². The molecule has 0 aliphatic carbocycles. The summed E-state index contributed by atoms with van der Waals surface area (Å²) in [5.74, 6) is 1.06. The largest absolute Gasteiger partial charge is 0.454 e. The van der Waals surface area contributed by atoms with Crippen LogP contribution in [-0.2, 0) is 29.0 Å². The van der Waals surface area contributed by atoms with E-state index in [-0.39, 0.29) is 31.6 Å². The Balaban J connectivity index is 1.60. The first-order valence-corrected chi connectivity index (χ1v) is 13.6. The van der Waals surface area contributed by atoms with E-state index in [1.165, 1.54) is 0 Å². The molecule has 4 rings (SSSR count). The van der Waals surface area contributed by atoms with Gasteiger partial charge in [0, 0.05) is 36.0 Å². The molecule has 3 aromatic carbocycles. The molecule has 1 aliphatic heterocycles. The molecule has 1 aliphatic rings. The first-order valence-electron chi connectivity index (χ1n) is 12.9. The summed E-state index contributed by atoms with van der Waals surface area (Å²) in [6.07, 6.45) is 2.93. The maximum atomic E-state index is 13.8. The fourth-order valence-electron chi connectivity index (χ4n) is 4.38. The summed E-state index contributed by atoms with van der Waals surface area (Å²) in [6, 6.07) is 19.9. The Bertz CT molecular complexity index is 1250. The molecule has 0 radical (unpaired) electrons. The Hall–Kier alpha value is -3.22. The highest BCUT2D eigenvalue weighted by Crippen LogP contribution is 2.33. The minimum absolute atomic E-state index is 0.139. The van der Waals surface area contributed by atoms with Crippen molar-refractivity contribution in [3.05, 3.63) is 93.5 Å². The number of carbonyl (C=O) groups is 2. The van der Waals surface area contributed by atoms with Crippen molar-refractivity contribution < 1.29 is 19.1 Å². The SMILES string of the molecule is CCCCNC(=O)C(Cc1ccccc1)N(Cc1ccc(Cl)cc1Cl)C(=O)CCc1ccc2c(c1)OCO2. The minimum Gasteiger partial charge on any atom is -0.454 e. The van der Waals surface area contributed by atoms with Gasteiger partial charge in [-0.25, -0.2) is 0 Å². The maximum Gasteiger partial charge on any atom is 0.243 e. The molecule has 0 spiro atoms. The lowest BCUT2D eigenvalue weighted by molar-refractivity contribution is -0.141. The fourth-order valence-corrected chi connectivity index (χ4v) is 4.85. The number of halogens is 2. The summed E-state index contributed by atoms with van der Waals surface area (Å²) in [6.45, 7) is 3.01. The summed E-state index contributed by atoms with van der Waals surface area (Å²) in [5, 5.41) is 4.00. The summed E-state index contributed by atoms with van der Waals surface area (Å²) < 4.78 is 10.9. The van der Waals surface area contributed by atoms with Crippen molar-refractivity contribution in [3.63, 3.8) is 0 Å². The smallest absolute Gasteiger partial charge is 0.243 e. The van der Waals surface area contributed by atoms with Crippen molar-refractivity contribution in [3.8, 4) is 11.5 Å². The van der Waals surface area contributed by atoms with Crippen LogP contribution in [0.15, 0.2) is 66.7 Å². The highest BCUT2D eigenvalue weighted by molar-refractivity contribution is 6.35. The van der Waals surface area contributed by atoms with Gasteiger partial charge in [0.15, 0.2) is 11.5 Å². The van der Waals surface area contributed by atoms with Crippen LogP contribution in [0.3, 0.4) is 0 Å². The van der Waals surface area contributed by atoms with E-state index in [4.69, 9.17) is 32.7 Å². The summed E-state index contributed by atoms with van der Waals surface area (Å²) >= 11 is 12.6. The zero-order valence-corrected chi connectivity index (χ0v) is 22.9. The quantitative estimate of drug-likeness (QED) is 0.270. The zero-order chi connectivity index (χ0) is 26.9. The van der Waals surface area contributed by atoms with Gasteiger partial charge in [0.05, 0.1) is 0 Å². The third kappa shape index (κ3) is 7.42. The van der Waals surface area contributed by atoms with Gasteiger partial charge in [0.1, 0.15) is 6.04 Å². The van der Waals surface area contributed by atoms with E-state index in [0.717, 1.165) is 29.5 Å². The van der Waals surface area contributed by atoms with Crippen molar-refractivity contribution in [1.82, 2.24) is 10.2 Å². The molecule has 200 valence electrons. The predicted molar refractivity (Wildman–Crippen MR) is 150 cm³/mol. The summed E-state index contributed by atoms with van der Waals surface area (Å²) in [7, 11) is 0. The second-order valence-corrected chi connectivity index (χ2v) is 10.1.